The van der Waals surface area contributed by atoms with Crippen LogP contribution in [0.3, 0.4) is 0 Å². The molecule has 98 valence electrons. The Hall–Kier alpha value is -2.56. The van der Waals surface area contributed by atoms with E-state index in [4.69, 9.17) is 9.47 Å². The summed E-state index contributed by atoms with van der Waals surface area (Å²) in [5.41, 5.74) is 1.49. The molecule has 5 nitrogen and oxygen atoms in total. The summed E-state index contributed by atoms with van der Waals surface area (Å²) < 4.78 is 10.1. The Morgan fingerprint density at radius 2 is 2.05 bits per heavy atom. The third-order valence-corrected chi connectivity index (χ3v) is 2.43. The summed E-state index contributed by atoms with van der Waals surface area (Å²) in [5.74, 6) is 0.731. The van der Waals surface area contributed by atoms with Crippen molar-refractivity contribution in [2.75, 3.05) is 12.4 Å². The van der Waals surface area contributed by atoms with Gasteiger partial charge in [-0.1, -0.05) is 6.07 Å². The summed E-state index contributed by atoms with van der Waals surface area (Å²) in [4.78, 5) is 15.5. The molecule has 1 heterocycles. The molecular formula is C14H14N2O3. The van der Waals surface area contributed by atoms with Crippen molar-refractivity contribution in [3.63, 3.8) is 0 Å². The molecule has 0 aliphatic heterocycles. The van der Waals surface area contributed by atoms with Crippen molar-refractivity contribution >= 4 is 11.8 Å². The number of hydrogen-bond acceptors (Lipinski definition) is 4. The van der Waals surface area contributed by atoms with Gasteiger partial charge in [-0.3, -0.25) is 10.3 Å². The van der Waals surface area contributed by atoms with Crippen LogP contribution in [0.15, 0.2) is 48.8 Å². The average molecular weight is 258 g/mol. The van der Waals surface area contributed by atoms with Gasteiger partial charge in [-0.25, -0.2) is 4.79 Å². The molecule has 0 saturated heterocycles. The molecule has 2 aromatic rings. The summed E-state index contributed by atoms with van der Waals surface area (Å²) in [6.45, 7) is 0.190. The van der Waals surface area contributed by atoms with Gasteiger partial charge in [0.25, 0.3) is 0 Å². The highest BCUT2D eigenvalue weighted by atomic mass is 16.5. The maximum atomic E-state index is 11.6. The van der Waals surface area contributed by atoms with Crippen LogP contribution in [0.25, 0.3) is 0 Å². The molecule has 0 unspecified atom stereocenters. The zero-order chi connectivity index (χ0) is 13.5. The molecule has 1 aromatic carbocycles. The molecular weight excluding hydrogens is 244 g/mol. The number of hydrogen-bond donors (Lipinski definition) is 1. The van der Waals surface area contributed by atoms with Crippen LogP contribution < -0.4 is 10.1 Å². The number of carbonyl (C=O) groups is 1. The number of ether oxygens (including phenoxy) is 2. The van der Waals surface area contributed by atoms with Crippen LogP contribution in [0.2, 0.25) is 0 Å². The Labute approximate surface area is 111 Å². The molecule has 2 rings (SSSR count). The monoisotopic (exact) mass is 258 g/mol. The second-order valence-corrected chi connectivity index (χ2v) is 3.79. The van der Waals surface area contributed by atoms with Crippen LogP contribution in [0.1, 0.15) is 5.56 Å². The summed E-state index contributed by atoms with van der Waals surface area (Å²) >= 11 is 0. The van der Waals surface area contributed by atoms with E-state index >= 15 is 0 Å². The number of aromatic nitrogens is 1. The van der Waals surface area contributed by atoms with Gasteiger partial charge in [0.1, 0.15) is 12.4 Å². The first-order chi connectivity index (χ1) is 9.28. The Balaban J connectivity index is 1.83. The normalized spacial score (nSPS) is 9.74. The third kappa shape index (κ3) is 3.99. The zero-order valence-electron chi connectivity index (χ0n) is 10.5. The molecule has 0 aliphatic carbocycles. The number of amides is 1. The molecule has 0 fully saturated rings. The van der Waals surface area contributed by atoms with E-state index in [1.54, 1.807) is 49.8 Å². The van der Waals surface area contributed by atoms with Gasteiger partial charge in [0, 0.05) is 23.6 Å². The van der Waals surface area contributed by atoms with Crippen molar-refractivity contribution in [2.24, 2.45) is 0 Å². The first-order valence-electron chi connectivity index (χ1n) is 5.74. The van der Waals surface area contributed by atoms with Gasteiger partial charge >= 0.3 is 6.09 Å². The molecule has 19 heavy (non-hydrogen) atoms. The minimum absolute atomic E-state index is 0.190. The predicted molar refractivity (Wildman–Crippen MR) is 71.0 cm³/mol. The van der Waals surface area contributed by atoms with Crippen LogP contribution in [0.4, 0.5) is 10.5 Å². The molecule has 5 heteroatoms. The van der Waals surface area contributed by atoms with E-state index in [1.807, 2.05) is 6.07 Å². The van der Waals surface area contributed by atoms with Crippen molar-refractivity contribution in [1.82, 2.24) is 4.98 Å². The number of nitrogens with one attached hydrogen (secondary N) is 1. The van der Waals surface area contributed by atoms with E-state index in [0.29, 0.717) is 5.69 Å². The molecule has 0 atom stereocenters. The largest absolute Gasteiger partial charge is 0.497 e. The fourth-order valence-corrected chi connectivity index (χ4v) is 1.46. The second kappa shape index (κ2) is 6.39. The van der Waals surface area contributed by atoms with Gasteiger partial charge < -0.3 is 9.47 Å². The van der Waals surface area contributed by atoms with Crippen molar-refractivity contribution in [2.45, 2.75) is 6.61 Å². The lowest BCUT2D eigenvalue weighted by Crippen LogP contribution is -2.13. The van der Waals surface area contributed by atoms with Gasteiger partial charge in [-0.15, -0.1) is 0 Å². The van der Waals surface area contributed by atoms with Gasteiger partial charge in [-0.2, -0.15) is 0 Å². The highest BCUT2D eigenvalue weighted by Gasteiger charge is 2.03. The molecule has 0 saturated carbocycles. The van der Waals surface area contributed by atoms with Gasteiger partial charge in [0.05, 0.1) is 7.11 Å². The van der Waals surface area contributed by atoms with E-state index in [-0.39, 0.29) is 6.61 Å². The quantitative estimate of drug-likeness (QED) is 0.916. The van der Waals surface area contributed by atoms with Crippen LogP contribution in [-0.4, -0.2) is 18.2 Å². The lowest BCUT2D eigenvalue weighted by atomic mass is 10.3. The second-order valence-electron chi connectivity index (χ2n) is 3.79. The number of benzene rings is 1. The Morgan fingerprint density at radius 3 is 2.68 bits per heavy atom. The summed E-state index contributed by atoms with van der Waals surface area (Å²) in [5, 5.41) is 2.63. The number of nitrogens with zero attached hydrogens (tertiary/aromatic N) is 1. The maximum Gasteiger partial charge on any atom is 0.411 e. The number of anilines is 1. The van der Waals surface area contributed by atoms with Crippen LogP contribution in [0, 0.1) is 0 Å². The topological polar surface area (TPSA) is 60.5 Å². The summed E-state index contributed by atoms with van der Waals surface area (Å²) in [7, 11) is 1.59. The standard InChI is InChI=1S/C14H14N2O3/c1-18-13-6-4-12(5-7-13)16-14(17)19-10-11-3-2-8-15-9-11/h2-9H,10H2,1H3,(H,16,17). The van der Waals surface area contributed by atoms with Crippen molar-refractivity contribution < 1.29 is 14.3 Å². The van der Waals surface area contributed by atoms with Gasteiger partial charge in [-0.05, 0) is 30.3 Å². The number of pyridine rings is 1. The average Bonchev–Trinajstić information content (AvgIpc) is 2.47. The maximum absolute atomic E-state index is 11.6. The van der Waals surface area contributed by atoms with Crippen molar-refractivity contribution in [3.05, 3.63) is 54.4 Å². The minimum Gasteiger partial charge on any atom is -0.497 e. The van der Waals surface area contributed by atoms with E-state index in [9.17, 15) is 4.79 Å². The third-order valence-electron chi connectivity index (χ3n) is 2.43. The number of rotatable bonds is 4. The molecule has 1 N–H and O–H groups in total. The zero-order valence-corrected chi connectivity index (χ0v) is 10.5. The lowest BCUT2D eigenvalue weighted by molar-refractivity contribution is 0.155. The van der Waals surface area contributed by atoms with Gasteiger partial charge in [0.2, 0.25) is 0 Å². The number of carbonyl (C=O) groups excluding carboxylic acids is 1. The van der Waals surface area contributed by atoms with E-state index < -0.39 is 6.09 Å². The Morgan fingerprint density at radius 1 is 1.26 bits per heavy atom. The Kier molecular flexibility index (Phi) is 4.34. The molecule has 0 radical (unpaired) electrons. The SMILES string of the molecule is COc1ccc(NC(=O)OCc2cccnc2)cc1. The van der Waals surface area contributed by atoms with Crippen LogP contribution >= 0.6 is 0 Å². The molecule has 0 spiro atoms. The van der Waals surface area contributed by atoms with Crippen LogP contribution in [-0.2, 0) is 11.3 Å². The fourth-order valence-electron chi connectivity index (χ4n) is 1.46. The lowest BCUT2D eigenvalue weighted by Gasteiger charge is -2.07. The van der Waals surface area contributed by atoms with Crippen LogP contribution in [0.5, 0.6) is 5.75 Å². The van der Waals surface area contributed by atoms with Crippen molar-refractivity contribution in [3.8, 4) is 5.75 Å². The molecule has 0 bridgehead atoms. The molecule has 1 amide bonds. The van der Waals surface area contributed by atoms with E-state index in [1.165, 1.54) is 0 Å². The molecule has 1 aromatic heterocycles. The summed E-state index contributed by atoms with van der Waals surface area (Å²) in [6.07, 6.45) is 2.82. The Bertz CT molecular complexity index is 526. The summed E-state index contributed by atoms with van der Waals surface area (Å²) in [6, 6.07) is 10.6. The minimum atomic E-state index is -0.506. The first kappa shape index (κ1) is 12.9. The molecule has 0 aliphatic rings. The highest BCUT2D eigenvalue weighted by Crippen LogP contribution is 2.15. The van der Waals surface area contributed by atoms with E-state index in [2.05, 4.69) is 10.3 Å². The van der Waals surface area contributed by atoms with Gasteiger partial charge in [0.15, 0.2) is 0 Å². The smallest absolute Gasteiger partial charge is 0.411 e. The van der Waals surface area contributed by atoms with Crippen molar-refractivity contribution in [1.29, 1.82) is 0 Å². The highest BCUT2D eigenvalue weighted by molar-refractivity contribution is 5.84. The fraction of sp³-hybridized carbons (Fsp3) is 0.143. The predicted octanol–water partition coefficient (Wildman–Crippen LogP) is 2.84. The number of methoxy groups -OCH3 is 1. The first-order valence-corrected chi connectivity index (χ1v) is 5.74. The van der Waals surface area contributed by atoms with E-state index in [0.717, 1.165) is 11.3 Å².